The van der Waals surface area contributed by atoms with Crippen molar-refractivity contribution in [3.63, 3.8) is 0 Å². The van der Waals surface area contributed by atoms with Crippen LogP contribution >= 0.6 is 11.6 Å². The average Bonchev–Trinajstić information content (AvgIpc) is 2.89. The highest BCUT2D eigenvalue weighted by Gasteiger charge is 2.22. The predicted molar refractivity (Wildman–Crippen MR) is 101 cm³/mol. The van der Waals surface area contributed by atoms with E-state index in [0.29, 0.717) is 11.3 Å². The van der Waals surface area contributed by atoms with Gasteiger partial charge in [0.15, 0.2) is 0 Å². The number of hydrogen-bond acceptors (Lipinski definition) is 6. The van der Waals surface area contributed by atoms with Crippen molar-refractivity contribution in [3.8, 4) is 0 Å². The molecule has 0 unspecified atom stereocenters. The summed E-state index contributed by atoms with van der Waals surface area (Å²) in [4.78, 5) is 22.5. The van der Waals surface area contributed by atoms with E-state index in [1.54, 1.807) is 12.3 Å². The minimum atomic E-state index is -0.602. The molecule has 2 aromatic heterocycles. The molecule has 0 fully saturated rings. The van der Waals surface area contributed by atoms with Gasteiger partial charge in [0.25, 0.3) is 0 Å². The van der Waals surface area contributed by atoms with Crippen molar-refractivity contribution in [1.82, 2.24) is 19.7 Å². The van der Waals surface area contributed by atoms with Crippen LogP contribution in [-0.2, 0) is 4.74 Å². The zero-order valence-corrected chi connectivity index (χ0v) is 16.1. The van der Waals surface area contributed by atoms with Gasteiger partial charge in [0.05, 0.1) is 11.2 Å². The van der Waals surface area contributed by atoms with Crippen LogP contribution in [0.2, 0.25) is 5.28 Å². The van der Waals surface area contributed by atoms with E-state index in [0.717, 1.165) is 16.8 Å². The van der Waals surface area contributed by atoms with Gasteiger partial charge < -0.3 is 9.64 Å². The first-order valence-electron chi connectivity index (χ1n) is 8.11. The van der Waals surface area contributed by atoms with Crippen molar-refractivity contribution in [1.29, 1.82) is 0 Å². The van der Waals surface area contributed by atoms with E-state index in [2.05, 4.69) is 15.1 Å². The molecule has 8 heteroatoms. The SMILES string of the molecule is Cc1nn(C(=O)OC(C)(C)C)c2cc(N(C)c3ccnc(Cl)n3)ccc12. The molecule has 0 aliphatic carbocycles. The lowest BCUT2D eigenvalue weighted by molar-refractivity contribution is 0.0522. The normalized spacial score (nSPS) is 11.6. The number of halogens is 1. The number of nitrogens with zero attached hydrogens (tertiary/aromatic N) is 5. The van der Waals surface area contributed by atoms with Crippen molar-refractivity contribution in [2.45, 2.75) is 33.3 Å². The van der Waals surface area contributed by atoms with E-state index in [1.165, 1.54) is 4.68 Å². The Morgan fingerprint density at radius 1 is 1.27 bits per heavy atom. The van der Waals surface area contributed by atoms with Crippen molar-refractivity contribution in [3.05, 3.63) is 41.4 Å². The predicted octanol–water partition coefficient (Wildman–Crippen LogP) is 4.34. The van der Waals surface area contributed by atoms with Gasteiger partial charge in [-0.15, -0.1) is 0 Å². The van der Waals surface area contributed by atoms with Crippen LogP contribution in [0.15, 0.2) is 30.5 Å². The number of hydrogen-bond donors (Lipinski definition) is 0. The lowest BCUT2D eigenvalue weighted by Crippen LogP contribution is -2.27. The molecule has 0 saturated heterocycles. The number of carbonyl (C=O) groups is 1. The molecule has 0 saturated carbocycles. The van der Waals surface area contributed by atoms with Crippen LogP contribution in [0.4, 0.5) is 16.3 Å². The van der Waals surface area contributed by atoms with Gasteiger partial charge in [0.1, 0.15) is 11.4 Å². The average molecular weight is 374 g/mol. The van der Waals surface area contributed by atoms with Crippen molar-refractivity contribution in [2.75, 3.05) is 11.9 Å². The summed E-state index contributed by atoms with van der Waals surface area (Å²) in [6.07, 6.45) is 1.08. The van der Waals surface area contributed by atoms with Crippen molar-refractivity contribution >= 4 is 40.1 Å². The van der Waals surface area contributed by atoms with Gasteiger partial charge in [-0.3, -0.25) is 0 Å². The van der Waals surface area contributed by atoms with Gasteiger partial charge in [0, 0.05) is 24.3 Å². The molecule has 0 N–H and O–H groups in total. The molecule has 136 valence electrons. The summed E-state index contributed by atoms with van der Waals surface area (Å²) in [5.74, 6) is 0.643. The zero-order chi connectivity index (χ0) is 19.1. The summed E-state index contributed by atoms with van der Waals surface area (Å²) in [6.45, 7) is 7.32. The molecule has 0 radical (unpaired) electrons. The minimum absolute atomic E-state index is 0.171. The summed E-state index contributed by atoms with van der Waals surface area (Å²) in [5.41, 5.74) is 1.65. The van der Waals surface area contributed by atoms with Crippen molar-refractivity contribution < 1.29 is 9.53 Å². The van der Waals surface area contributed by atoms with Crippen LogP contribution < -0.4 is 4.90 Å². The second-order valence-electron chi connectivity index (χ2n) is 6.92. The third kappa shape index (κ3) is 3.62. The molecule has 2 heterocycles. The van der Waals surface area contributed by atoms with Gasteiger partial charge in [-0.1, -0.05) is 0 Å². The first kappa shape index (κ1) is 18.1. The highest BCUT2D eigenvalue weighted by Crippen LogP contribution is 2.28. The molecule has 0 bridgehead atoms. The zero-order valence-electron chi connectivity index (χ0n) is 15.3. The second-order valence-corrected chi connectivity index (χ2v) is 7.26. The molecule has 0 spiro atoms. The molecule has 0 aliphatic heterocycles. The number of benzene rings is 1. The van der Waals surface area contributed by atoms with E-state index in [1.807, 2.05) is 57.8 Å². The number of aryl methyl sites for hydroxylation is 1. The number of ether oxygens (including phenoxy) is 1. The first-order valence-corrected chi connectivity index (χ1v) is 8.48. The number of anilines is 2. The molecule has 7 nitrogen and oxygen atoms in total. The van der Waals surface area contributed by atoms with Crippen LogP contribution in [0.25, 0.3) is 10.9 Å². The van der Waals surface area contributed by atoms with E-state index in [4.69, 9.17) is 16.3 Å². The van der Waals surface area contributed by atoms with E-state index in [9.17, 15) is 4.79 Å². The Balaban J connectivity index is 2.05. The summed E-state index contributed by atoms with van der Waals surface area (Å²) in [6, 6.07) is 7.49. The maximum absolute atomic E-state index is 12.5. The lowest BCUT2D eigenvalue weighted by Gasteiger charge is -2.20. The van der Waals surface area contributed by atoms with E-state index < -0.39 is 11.7 Å². The topological polar surface area (TPSA) is 73.1 Å². The summed E-state index contributed by atoms with van der Waals surface area (Å²) in [5, 5.41) is 5.39. The van der Waals surface area contributed by atoms with Gasteiger partial charge in [-0.2, -0.15) is 9.78 Å². The maximum Gasteiger partial charge on any atom is 0.435 e. The Morgan fingerprint density at radius 2 is 2.00 bits per heavy atom. The molecule has 0 atom stereocenters. The number of fused-ring (bicyclic) bond motifs is 1. The highest BCUT2D eigenvalue weighted by atomic mass is 35.5. The van der Waals surface area contributed by atoms with Crippen LogP contribution in [-0.4, -0.2) is 38.5 Å². The van der Waals surface area contributed by atoms with Gasteiger partial charge in [-0.25, -0.2) is 14.8 Å². The molecule has 0 amide bonds. The Morgan fingerprint density at radius 3 is 2.65 bits per heavy atom. The molecule has 3 rings (SSSR count). The molecule has 1 aromatic carbocycles. The second kappa shape index (κ2) is 6.57. The molecular weight excluding hydrogens is 354 g/mol. The fraction of sp³-hybridized carbons (Fsp3) is 0.333. The van der Waals surface area contributed by atoms with Crippen molar-refractivity contribution in [2.24, 2.45) is 0 Å². The minimum Gasteiger partial charge on any atom is -0.442 e. The van der Waals surface area contributed by atoms with E-state index >= 15 is 0 Å². The van der Waals surface area contributed by atoms with Crippen LogP contribution in [0.1, 0.15) is 26.5 Å². The summed E-state index contributed by atoms with van der Waals surface area (Å²) >= 11 is 5.88. The standard InChI is InChI=1S/C18H20ClN5O2/c1-11-13-7-6-12(23(5)15-8-9-20-16(19)21-15)10-14(13)24(22-11)17(25)26-18(2,3)4/h6-10H,1-5H3. The Bertz CT molecular complexity index is 977. The third-order valence-electron chi connectivity index (χ3n) is 3.76. The molecule has 3 aromatic rings. The maximum atomic E-state index is 12.5. The quantitative estimate of drug-likeness (QED) is 0.622. The summed E-state index contributed by atoms with van der Waals surface area (Å²) < 4.78 is 6.75. The number of carbonyl (C=O) groups excluding carboxylic acids is 1. The van der Waals surface area contributed by atoms with E-state index in [-0.39, 0.29) is 5.28 Å². The molecule has 26 heavy (non-hydrogen) atoms. The Hall–Kier alpha value is -2.67. The fourth-order valence-corrected chi connectivity index (χ4v) is 2.70. The first-order chi connectivity index (χ1) is 12.2. The fourth-order valence-electron chi connectivity index (χ4n) is 2.56. The Kier molecular flexibility index (Phi) is 4.58. The van der Waals surface area contributed by atoms with Crippen LogP contribution in [0.3, 0.4) is 0 Å². The molecular formula is C18H20ClN5O2. The highest BCUT2D eigenvalue weighted by molar-refractivity contribution is 6.28. The lowest BCUT2D eigenvalue weighted by atomic mass is 10.2. The smallest absolute Gasteiger partial charge is 0.435 e. The monoisotopic (exact) mass is 373 g/mol. The largest absolute Gasteiger partial charge is 0.442 e. The number of rotatable bonds is 2. The van der Waals surface area contributed by atoms with Crippen LogP contribution in [0, 0.1) is 6.92 Å². The van der Waals surface area contributed by atoms with Gasteiger partial charge in [0.2, 0.25) is 5.28 Å². The van der Waals surface area contributed by atoms with Gasteiger partial charge >= 0.3 is 6.09 Å². The number of aromatic nitrogens is 4. The van der Waals surface area contributed by atoms with Crippen LogP contribution in [0.5, 0.6) is 0 Å². The van der Waals surface area contributed by atoms with Gasteiger partial charge in [-0.05, 0) is 63.6 Å². The third-order valence-corrected chi connectivity index (χ3v) is 3.94. The molecule has 0 aliphatic rings. The Labute approximate surface area is 156 Å². The summed E-state index contributed by atoms with van der Waals surface area (Å²) in [7, 11) is 1.86.